The van der Waals surface area contributed by atoms with E-state index in [0.29, 0.717) is 24.5 Å². The second-order valence-corrected chi connectivity index (χ2v) is 6.25. The molecule has 2 aromatic rings. The summed E-state index contributed by atoms with van der Waals surface area (Å²) in [5.74, 6) is -0.191. The summed E-state index contributed by atoms with van der Waals surface area (Å²) in [6.45, 7) is 2.21. The number of halogens is 2. The third kappa shape index (κ3) is 4.04. The smallest absolute Gasteiger partial charge is 0.306 e. The molecule has 0 atom stereocenters. The number of hydrogen-bond acceptors (Lipinski definition) is 4. The molecule has 0 aliphatic rings. The van der Waals surface area contributed by atoms with Gasteiger partial charge in [-0.15, -0.1) is 11.3 Å². The second kappa shape index (κ2) is 7.20. The van der Waals surface area contributed by atoms with Gasteiger partial charge in [0.15, 0.2) is 0 Å². The first-order valence-electron chi connectivity index (χ1n) is 6.15. The Balaban J connectivity index is 2.07. The lowest BCUT2D eigenvalue weighted by Crippen LogP contribution is -2.05. The Morgan fingerprint density at radius 1 is 1.50 bits per heavy atom. The van der Waals surface area contributed by atoms with Crippen LogP contribution in [-0.2, 0) is 16.0 Å². The van der Waals surface area contributed by atoms with E-state index in [0.717, 1.165) is 20.7 Å². The van der Waals surface area contributed by atoms with E-state index in [2.05, 4.69) is 20.9 Å². The van der Waals surface area contributed by atoms with Crippen LogP contribution in [-0.4, -0.2) is 17.6 Å². The number of ether oxygens (including phenoxy) is 1. The highest BCUT2D eigenvalue weighted by atomic mass is 79.9. The first-order valence-corrected chi connectivity index (χ1v) is 8.20. The monoisotopic (exact) mass is 373 g/mol. The van der Waals surface area contributed by atoms with Crippen LogP contribution in [0.1, 0.15) is 19.0 Å². The molecule has 3 nitrogen and oxygen atoms in total. The quantitative estimate of drug-likeness (QED) is 0.711. The molecule has 0 amide bonds. The molecule has 106 valence electrons. The number of rotatable bonds is 5. The molecule has 1 heterocycles. The maximum Gasteiger partial charge on any atom is 0.306 e. The van der Waals surface area contributed by atoms with E-state index in [1.807, 2.05) is 23.6 Å². The minimum absolute atomic E-state index is 0.191. The van der Waals surface area contributed by atoms with Crippen LogP contribution in [0.5, 0.6) is 0 Å². The summed E-state index contributed by atoms with van der Waals surface area (Å²) in [5, 5.41) is 3.47. The Labute approximate surface area is 135 Å². The van der Waals surface area contributed by atoms with Gasteiger partial charge in [-0.2, -0.15) is 0 Å². The van der Waals surface area contributed by atoms with Gasteiger partial charge >= 0.3 is 5.97 Å². The first kappa shape index (κ1) is 15.5. The highest BCUT2D eigenvalue weighted by molar-refractivity contribution is 9.10. The number of hydrogen-bond donors (Lipinski definition) is 0. The van der Waals surface area contributed by atoms with Gasteiger partial charge < -0.3 is 4.74 Å². The molecule has 6 heteroatoms. The Hall–Kier alpha value is -0.910. The molecule has 0 radical (unpaired) electrons. The molecule has 0 saturated carbocycles. The van der Waals surface area contributed by atoms with Crippen LogP contribution >= 0.6 is 38.9 Å². The average molecular weight is 375 g/mol. The van der Waals surface area contributed by atoms with Crippen molar-refractivity contribution in [2.24, 2.45) is 0 Å². The van der Waals surface area contributed by atoms with Crippen LogP contribution in [0.15, 0.2) is 28.1 Å². The maximum absolute atomic E-state index is 11.3. The van der Waals surface area contributed by atoms with E-state index in [9.17, 15) is 4.79 Å². The van der Waals surface area contributed by atoms with Gasteiger partial charge in [-0.05, 0) is 25.1 Å². The van der Waals surface area contributed by atoms with Gasteiger partial charge in [-0.1, -0.05) is 27.5 Å². The van der Waals surface area contributed by atoms with Crippen molar-refractivity contribution in [3.8, 4) is 10.6 Å². The lowest BCUT2D eigenvalue weighted by atomic mass is 10.2. The molecular formula is C14H13BrClNO2S. The Morgan fingerprint density at radius 3 is 3.00 bits per heavy atom. The standard InChI is InChI=1S/C14H13BrClNO2S/c1-2-19-13(18)6-4-10-8-20-14(17-10)11-5-3-9(15)7-12(11)16/h3,5,7-8H,2,4,6H2,1H3. The summed E-state index contributed by atoms with van der Waals surface area (Å²) in [6, 6.07) is 5.71. The fourth-order valence-electron chi connectivity index (χ4n) is 1.67. The zero-order chi connectivity index (χ0) is 14.5. The summed E-state index contributed by atoms with van der Waals surface area (Å²) >= 11 is 11.1. The van der Waals surface area contributed by atoms with E-state index in [-0.39, 0.29) is 5.97 Å². The molecule has 0 fully saturated rings. The molecule has 20 heavy (non-hydrogen) atoms. The Morgan fingerprint density at radius 2 is 2.30 bits per heavy atom. The van der Waals surface area contributed by atoms with Gasteiger partial charge in [0.2, 0.25) is 0 Å². The number of thiazole rings is 1. The van der Waals surface area contributed by atoms with Crippen molar-refractivity contribution in [3.63, 3.8) is 0 Å². The van der Waals surface area contributed by atoms with E-state index >= 15 is 0 Å². The van der Waals surface area contributed by atoms with Gasteiger partial charge in [-0.25, -0.2) is 4.98 Å². The van der Waals surface area contributed by atoms with E-state index < -0.39 is 0 Å². The van der Waals surface area contributed by atoms with Crippen molar-refractivity contribution in [3.05, 3.63) is 38.8 Å². The molecule has 0 bridgehead atoms. The van der Waals surface area contributed by atoms with Gasteiger partial charge in [0.05, 0.1) is 23.7 Å². The number of esters is 1. The van der Waals surface area contributed by atoms with Crippen molar-refractivity contribution < 1.29 is 9.53 Å². The number of aryl methyl sites for hydroxylation is 1. The van der Waals surface area contributed by atoms with Crippen LogP contribution < -0.4 is 0 Å². The molecule has 1 aromatic heterocycles. The summed E-state index contributed by atoms with van der Waals surface area (Å²) in [4.78, 5) is 15.8. The molecule has 0 N–H and O–H groups in total. The highest BCUT2D eigenvalue weighted by Crippen LogP contribution is 2.32. The lowest BCUT2D eigenvalue weighted by Gasteiger charge is -2.01. The van der Waals surface area contributed by atoms with Gasteiger partial charge in [0.25, 0.3) is 0 Å². The maximum atomic E-state index is 11.3. The van der Waals surface area contributed by atoms with E-state index in [1.165, 1.54) is 11.3 Å². The van der Waals surface area contributed by atoms with Crippen LogP contribution in [0.4, 0.5) is 0 Å². The summed E-state index contributed by atoms with van der Waals surface area (Å²) in [5.41, 5.74) is 1.79. The fourth-order valence-corrected chi connectivity index (χ4v) is 3.38. The molecule has 0 saturated heterocycles. The lowest BCUT2D eigenvalue weighted by molar-refractivity contribution is -0.143. The largest absolute Gasteiger partial charge is 0.466 e. The second-order valence-electron chi connectivity index (χ2n) is 4.07. The molecule has 2 rings (SSSR count). The Kier molecular flexibility index (Phi) is 5.57. The number of aromatic nitrogens is 1. The van der Waals surface area contributed by atoms with Crippen LogP contribution in [0, 0.1) is 0 Å². The minimum atomic E-state index is -0.191. The van der Waals surface area contributed by atoms with E-state index in [1.54, 1.807) is 6.92 Å². The average Bonchev–Trinajstić information content (AvgIpc) is 2.85. The van der Waals surface area contributed by atoms with Crippen LogP contribution in [0.25, 0.3) is 10.6 Å². The van der Waals surface area contributed by atoms with Gasteiger partial charge in [0, 0.05) is 21.8 Å². The predicted octanol–water partition coefficient (Wildman–Crippen LogP) is 4.72. The van der Waals surface area contributed by atoms with E-state index in [4.69, 9.17) is 16.3 Å². The van der Waals surface area contributed by atoms with Crippen molar-refractivity contribution in [1.29, 1.82) is 0 Å². The summed E-state index contributed by atoms with van der Waals surface area (Å²) in [7, 11) is 0. The zero-order valence-electron chi connectivity index (χ0n) is 10.9. The molecule has 0 aliphatic heterocycles. The molecule has 0 spiro atoms. The Bertz CT molecular complexity index is 615. The van der Waals surface area contributed by atoms with Crippen molar-refractivity contribution in [1.82, 2.24) is 4.98 Å². The zero-order valence-corrected chi connectivity index (χ0v) is 14.0. The van der Waals surface area contributed by atoms with Crippen LogP contribution in [0.2, 0.25) is 5.02 Å². The predicted molar refractivity (Wildman–Crippen MR) is 85.2 cm³/mol. The summed E-state index contributed by atoms with van der Waals surface area (Å²) in [6.07, 6.45) is 0.939. The summed E-state index contributed by atoms with van der Waals surface area (Å²) < 4.78 is 5.83. The molecule has 0 aliphatic carbocycles. The number of benzene rings is 1. The topological polar surface area (TPSA) is 39.2 Å². The molecule has 0 unspecified atom stereocenters. The van der Waals surface area contributed by atoms with Crippen LogP contribution in [0.3, 0.4) is 0 Å². The van der Waals surface area contributed by atoms with Crippen molar-refractivity contribution in [2.75, 3.05) is 6.61 Å². The first-order chi connectivity index (χ1) is 9.60. The SMILES string of the molecule is CCOC(=O)CCc1csc(-c2ccc(Br)cc2Cl)n1. The third-order valence-corrected chi connectivity index (χ3v) is 4.33. The van der Waals surface area contributed by atoms with Crippen molar-refractivity contribution >= 4 is 44.8 Å². The van der Waals surface area contributed by atoms with Gasteiger partial charge in [-0.3, -0.25) is 4.79 Å². The third-order valence-electron chi connectivity index (χ3n) is 2.60. The number of carbonyl (C=O) groups excluding carboxylic acids is 1. The number of nitrogens with zero attached hydrogens (tertiary/aromatic N) is 1. The van der Waals surface area contributed by atoms with Gasteiger partial charge in [0.1, 0.15) is 5.01 Å². The van der Waals surface area contributed by atoms with Crippen molar-refractivity contribution in [2.45, 2.75) is 19.8 Å². The highest BCUT2D eigenvalue weighted by Gasteiger charge is 2.10. The normalized spacial score (nSPS) is 10.6. The molecule has 1 aromatic carbocycles. The number of carbonyl (C=O) groups is 1. The molecular weight excluding hydrogens is 362 g/mol. The fraction of sp³-hybridized carbons (Fsp3) is 0.286. The minimum Gasteiger partial charge on any atom is -0.466 e.